The SMILES string of the molecule is CCCNC(c1ccc(Cl)cc1F)c1nccnc1OC. The van der Waals surface area contributed by atoms with Crippen molar-refractivity contribution in [2.24, 2.45) is 0 Å². The molecule has 0 aliphatic heterocycles. The summed E-state index contributed by atoms with van der Waals surface area (Å²) in [6.07, 6.45) is 4.01. The van der Waals surface area contributed by atoms with Crippen molar-refractivity contribution in [3.63, 3.8) is 0 Å². The summed E-state index contributed by atoms with van der Waals surface area (Å²) in [6, 6.07) is 4.16. The van der Waals surface area contributed by atoms with Crippen LogP contribution in [0.4, 0.5) is 4.39 Å². The van der Waals surface area contributed by atoms with Crippen molar-refractivity contribution < 1.29 is 9.13 Å². The first-order chi connectivity index (χ1) is 10.2. The summed E-state index contributed by atoms with van der Waals surface area (Å²) in [6.45, 7) is 2.75. The molecule has 21 heavy (non-hydrogen) atoms. The zero-order valence-corrected chi connectivity index (χ0v) is 12.7. The molecule has 0 aliphatic carbocycles. The van der Waals surface area contributed by atoms with E-state index in [1.54, 1.807) is 18.3 Å². The van der Waals surface area contributed by atoms with Crippen LogP contribution >= 0.6 is 11.6 Å². The fourth-order valence-electron chi connectivity index (χ4n) is 2.07. The van der Waals surface area contributed by atoms with Gasteiger partial charge in [-0.05, 0) is 25.1 Å². The van der Waals surface area contributed by atoms with Crippen LogP contribution in [0.5, 0.6) is 5.88 Å². The average Bonchev–Trinajstić information content (AvgIpc) is 2.49. The van der Waals surface area contributed by atoms with Gasteiger partial charge in [0.25, 0.3) is 0 Å². The number of benzene rings is 1. The van der Waals surface area contributed by atoms with Gasteiger partial charge in [0.15, 0.2) is 0 Å². The summed E-state index contributed by atoms with van der Waals surface area (Å²) >= 11 is 5.82. The molecule has 6 heteroatoms. The summed E-state index contributed by atoms with van der Waals surface area (Å²) in [7, 11) is 1.52. The van der Waals surface area contributed by atoms with E-state index in [0.29, 0.717) is 28.7 Å². The minimum Gasteiger partial charge on any atom is -0.480 e. The first kappa shape index (κ1) is 15.7. The Morgan fingerprint density at radius 1 is 1.33 bits per heavy atom. The predicted octanol–water partition coefficient (Wildman–Crippen LogP) is 3.37. The monoisotopic (exact) mass is 309 g/mol. The van der Waals surface area contributed by atoms with Gasteiger partial charge in [-0.1, -0.05) is 24.6 Å². The molecule has 1 heterocycles. The third-order valence-electron chi connectivity index (χ3n) is 3.03. The number of nitrogens with zero attached hydrogens (tertiary/aromatic N) is 2. The molecule has 1 aromatic carbocycles. The Morgan fingerprint density at radius 3 is 2.76 bits per heavy atom. The zero-order valence-electron chi connectivity index (χ0n) is 11.9. The first-order valence-electron chi connectivity index (χ1n) is 6.70. The number of methoxy groups -OCH3 is 1. The molecule has 1 atom stereocenters. The van der Waals surface area contributed by atoms with E-state index in [9.17, 15) is 4.39 Å². The van der Waals surface area contributed by atoms with Crippen molar-refractivity contribution in [2.45, 2.75) is 19.4 Å². The molecule has 0 saturated carbocycles. The molecule has 0 aliphatic rings. The standard InChI is InChI=1S/C15H17ClFN3O/c1-3-6-18-13(11-5-4-10(16)9-12(11)17)14-15(21-2)20-8-7-19-14/h4-5,7-9,13,18H,3,6H2,1-2H3. The Labute approximate surface area is 128 Å². The lowest BCUT2D eigenvalue weighted by atomic mass is 10.0. The Kier molecular flexibility index (Phi) is 5.47. The fourth-order valence-corrected chi connectivity index (χ4v) is 2.23. The highest BCUT2D eigenvalue weighted by molar-refractivity contribution is 6.30. The Bertz CT molecular complexity index is 609. The minimum atomic E-state index is -0.439. The van der Waals surface area contributed by atoms with Crippen LogP contribution in [0, 0.1) is 5.82 Å². The molecule has 0 amide bonds. The normalized spacial score (nSPS) is 12.2. The number of ether oxygens (including phenoxy) is 1. The lowest BCUT2D eigenvalue weighted by Gasteiger charge is -2.20. The van der Waals surface area contributed by atoms with Gasteiger partial charge in [-0.2, -0.15) is 0 Å². The Morgan fingerprint density at radius 2 is 2.10 bits per heavy atom. The van der Waals surface area contributed by atoms with Gasteiger partial charge in [0, 0.05) is 23.0 Å². The van der Waals surface area contributed by atoms with Crippen LogP contribution in [0.15, 0.2) is 30.6 Å². The average molecular weight is 310 g/mol. The van der Waals surface area contributed by atoms with Crippen molar-refractivity contribution in [3.05, 3.63) is 52.7 Å². The van der Waals surface area contributed by atoms with E-state index in [1.807, 2.05) is 6.92 Å². The number of halogens is 2. The van der Waals surface area contributed by atoms with Crippen LogP contribution in [0.25, 0.3) is 0 Å². The van der Waals surface area contributed by atoms with E-state index in [-0.39, 0.29) is 5.82 Å². The molecule has 2 aromatic rings. The molecule has 0 spiro atoms. The van der Waals surface area contributed by atoms with Gasteiger partial charge >= 0.3 is 0 Å². The van der Waals surface area contributed by atoms with Gasteiger partial charge in [0.2, 0.25) is 5.88 Å². The van der Waals surface area contributed by atoms with Crippen molar-refractivity contribution in [1.82, 2.24) is 15.3 Å². The van der Waals surface area contributed by atoms with Crippen LogP contribution in [0.2, 0.25) is 5.02 Å². The van der Waals surface area contributed by atoms with Gasteiger partial charge in [-0.15, -0.1) is 0 Å². The maximum absolute atomic E-state index is 14.2. The van der Waals surface area contributed by atoms with Gasteiger partial charge < -0.3 is 10.1 Å². The lowest BCUT2D eigenvalue weighted by molar-refractivity contribution is 0.381. The fraction of sp³-hybridized carbons (Fsp3) is 0.333. The second kappa shape index (κ2) is 7.33. The van der Waals surface area contributed by atoms with Gasteiger partial charge in [-0.25, -0.2) is 9.37 Å². The third kappa shape index (κ3) is 3.68. The zero-order chi connectivity index (χ0) is 15.2. The molecule has 0 radical (unpaired) electrons. The molecule has 4 nitrogen and oxygen atoms in total. The van der Waals surface area contributed by atoms with Gasteiger partial charge in [0.05, 0.1) is 13.2 Å². The van der Waals surface area contributed by atoms with Crippen LogP contribution in [-0.2, 0) is 0 Å². The number of nitrogens with one attached hydrogen (secondary N) is 1. The summed E-state index contributed by atoms with van der Waals surface area (Å²) < 4.78 is 19.5. The summed E-state index contributed by atoms with van der Waals surface area (Å²) in [5.41, 5.74) is 1.02. The van der Waals surface area contributed by atoms with E-state index in [2.05, 4.69) is 15.3 Å². The van der Waals surface area contributed by atoms with E-state index in [0.717, 1.165) is 6.42 Å². The molecule has 0 fully saturated rings. The van der Waals surface area contributed by atoms with Crippen molar-refractivity contribution >= 4 is 11.6 Å². The van der Waals surface area contributed by atoms with E-state index >= 15 is 0 Å². The number of hydrogen-bond acceptors (Lipinski definition) is 4. The molecule has 2 rings (SSSR count). The van der Waals surface area contributed by atoms with Crippen molar-refractivity contribution in [3.8, 4) is 5.88 Å². The van der Waals surface area contributed by atoms with E-state index in [4.69, 9.17) is 16.3 Å². The van der Waals surface area contributed by atoms with E-state index < -0.39 is 6.04 Å². The molecule has 1 unspecified atom stereocenters. The number of hydrogen-bond donors (Lipinski definition) is 1. The maximum atomic E-state index is 14.2. The van der Waals surface area contributed by atoms with Crippen LogP contribution in [0.3, 0.4) is 0 Å². The molecular formula is C15H17ClFN3O. The summed E-state index contributed by atoms with van der Waals surface area (Å²) in [4.78, 5) is 8.42. The maximum Gasteiger partial charge on any atom is 0.237 e. The molecule has 0 saturated heterocycles. The van der Waals surface area contributed by atoms with Crippen LogP contribution in [0.1, 0.15) is 30.6 Å². The van der Waals surface area contributed by atoms with E-state index in [1.165, 1.54) is 19.4 Å². The van der Waals surface area contributed by atoms with Gasteiger partial charge in [0.1, 0.15) is 11.5 Å². The smallest absolute Gasteiger partial charge is 0.237 e. The lowest BCUT2D eigenvalue weighted by Crippen LogP contribution is -2.25. The first-order valence-corrected chi connectivity index (χ1v) is 7.08. The van der Waals surface area contributed by atoms with Crippen LogP contribution < -0.4 is 10.1 Å². The largest absolute Gasteiger partial charge is 0.480 e. The molecular weight excluding hydrogens is 293 g/mol. The minimum absolute atomic E-state index is 0.358. The number of aromatic nitrogens is 2. The summed E-state index contributed by atoms with van der Waals surface area (Å²) in [5, 5.41) is 3.63. The Hall–Kier alpha value is -1.72. The van der Waals surface area contributed by atoms with Gasteiger partial charge in [-0.3, -0.25) is 4.98 Å². The quantitative estimate of drug-likeness (QED) is 0.889. The predicted molar refractivity (Wildman–Crippen MR) is 80.1 cm³/mol. The highest BCUT2D eigenvalue weighted by atomic mass is 35.5. The van der Waals surface area contributed by atoms with Crippen molar-refractivity contribution in [1.29, 1.82) is 0 Å². The highest BCUT2D eigenvalue weighted by Crippen LogP contribution is 2.29. The topological polar surface area (TPSA) is 47.0 Å². The molecule has 0 bridgehead atoms. The third-order valence-corrected chi connectivity index (χ3v) is 3.27. The highest BCUT2D eigenvalue weighted by Gasteiger charge is 2.23. The second-order valence-electron chi connectivity index (χ2n) is 4.50. The molecule has 1 aromatic heterocycles. The second-order valence-corrected chi connectivity index (χ2v) is 4.94. The van der Waals surface area contributed by atoms with Crippen molar-refractivity contribution in [2.75, 3.05) is 13.7 Å². The number of rotatable bonds is 6. The molecule has 112 valence electrons. The summed E-state index contributed by atoms with van der Waals surface area (Å²) in [5.74, 6) is -0.00994. The van der Waals surface area contributed by atoms with Crippen LogP contribution in [-0.4, -0.2) is 23.6 Å². The Balaban J connectivity index is 2.47. The molecule has 1 N–H and O–H groups in total.